The summed E-state index contributed by atoms with van der Waals surface area (Å²) in [5.41, 5.74) is 0. The minimum Gasteiger partial charge on any atom is -0.283 e. The zero-order valence-corrected chi connectivity index (χ0v) is 9.05. The van der Waals surface area contributed by atoms with Gasteiger partial charge in [0.2, 0.25) is 5.12 Å². The van der Waals surface area contributed by atoms with E-state index in [0.717, 1.165) is 16.7 Å². The van der Waals surface area contributed by atoms with Crippen LogP contribution < -0.4 is 0 Å². The third kappa shape index (κ3) is 3.14. The van der Waals surface area contributed by atoms with Gasteiger partial charge in [-0.1, -0.05) is 32.0 Å². The van der Waals surface area contributed by atoms with Crippen molar-refractivity contribution in [2.24, 2.45) is 5.92 Å². The van der Waals surface area contributed by atoms with Gasteiger partial charge in [0.05, 0.1) is 0 Å². The highest BCUT2D eigenvalue weighted by atomic mass is 32.2. The fourth-order valence-corrected chi connectivity index (χ4v) is 1.84. The van der Waals surface area contributed by atoms with E-state index in [1.807, 2.05) is 18.2 Å². The second-order valence-corrected chi connectivity index (χ2v) is 4.46. The molecule has 0 N–H and O–H groups in total. The highest BCUT2D eigenvalue weighted by molar-refractivity contribution is 8.13. The van der Waals surface area contributed by atoms with Crippen LogP contribution in [-0.2, 0) is 4.79 Å². The van der Waals surface area contributed by atoms with E-state index in [-0.39, 0.29) is 5.92 Å². The average molecular weight is 212 g/mol. The van der Waals surface area contributed by atoms with Crippen molar-refractivity contribution in [3.05, 3.63) is 30.3 Å². The van der Waals surface area contributed by atoms with Gasteiger partial charge in [0, 0.05) is 4.90 Å². The van der Waals surface area contributed by atoms with E-state index in [9.17, 15) is 9.18 Å². The average Bonchev–Trinajstić information content (AvgIpc) is 2.18. The van der Waals surface area contributed by atoms with Crippen LogP contribution >= 0.6 is 11.8 Å². The maximum atomic E-state index is 13.2. The van der Waals surface area contributed by atoms with Crippen molar-refractivity contribution in [1.29, 1.82) is 0 Å². The van der Waals surface area contributed by atoms with Gasteiger partial charge >= 0.3 is 0 Å². The van der Waals surface area contributed by atoms with Crippen molar-refractivity contribution >= 4 is 16.9 Å². The van der Waals surface area contributed by atoms with E-state index in [1.165, 1.54) is 0 Å². The third-order valence-corrected chi connectivity index (χ3v) is 2.71. The highest BCUT2D eigenvalue weighted by Gasteiger charge is 2.21. The Morgan fingerprint density at radius 2 is 1.86 bits per heavy atom. The molecule has 1 atom stereocenters. The van der Waals surface area contributed by atoms with E-state index >= 15 is 0 Å². The lowest BCUT2D eigenvalue weighted by Gasteiger charge is -2.09. The van der Waals surface area contributed by atoms with Gasteiger partial charge in [-0.05, 0) is 29.8 Å². The molecule has 0 amide bonds. The van der Waals surface area contributed by atoms with Crippen LogP contribution in [-0.4, -0.2) is 11.3 Å². The van der Waals surface area contributed by atoms with Crippen LogP contribution in [0.15, 0.2) is 35.2 Å². The van der Waals surface area contributed by atoms with E-state index < -0.39 is 11.3 Å². The Labute approximate surface area is 87.7 Å². The monoisotopic (exact) mass is 212 g/mol. The minimum absolute atomic E-state index is 0.251. The number of hydrogen-bond acceptors (Lipinski definition) is 2. The van der Waals surface area contributed by atoms with Gasteiger partial charge in [0.15, 0.2) is 6.17 Å². The predicted molar refractivity (Wildman–Crippen MR) is 57.0 cm³/mol. The summed E-state index contributed by atoms with van der Waals surface area (Å²) in [7, 11) is 0. The molecular formula is C11H13FOS. The summed E-state index contributed by atoms with van der Waals surface area (Å²) >= 11 is 0.966. The van der Waals surface area contributed by atoms with Gasteiger partial charge in [-0.2, -0.15) is 0 Å². The highest BCUT2D eigenvalue weighted by Crippen LogP contribution is 2.23. The molecule has 0 fully saturated rings. The number of carbonyl (C=O) groups is 1. The van der Waals surface area contributed by atoms with E-state index in [2.05, 4.69) is 0 Å². The Hall–Kier alpha value is -0.830. The number of thioether (sulfide) groups is 1. The maximum Gasteiger partial charge on any atom is 0.228 e. The first-order valence-electron chi connectivity index (χ1n) is 4.52. The molecule has 0 aliphatic carbocycles. The van der Waals surface area contributed by atoms with Crippen LogP contribution in [0.1, 0.15) is 13.8 Å². The lowest BCUT2D eigenvalue weighted by molar-refractivity contribution is -0.116. The van der Waals surface area contributed by atoms with E-state index in [0.29, 0.717) is 0 Å². The molecule has 0 heterocycles. The first-order valence-corrected chi connectivity index (χ1v) is 5.33. The van der Waals surface area contributed by atoms with Crippen LogP contribution in [0.3, 0.4) is 0 Å². The largest absolute Gasteiger partial charge is 0.283 e. The molecule has 1 nitrogen and oxygen atoms in total. The van der Waals surface area contributed by atoms with Crippen molar-refractivity contribution < 1.29 is 9.18 Å². The molecule has 0 saturated heterocycles. The zero-order valence-electron chi connectivity index (χ0n) is 8.24. The van der Waals surface area contributed by atoms with Crippen molar-refractivity contribution in [3.8, 4) is 0 Å². The van der Waals surface area contributed by atoms with E-state index in [1.54, 1.807) is 26.0 Å². The normalized spacial score (nSPS) is 12.9. The summed E-state index contributed by atoms with van der Waals surface area (Å²) in [5, 5.41) is -0.411. The number of hydrogen-bond donors (Lipinski definition) is 0. The lowest BCUT2D eigenvalue weighted by atomic mass is 10.1. The quantitative estimate of drug-likeness (QED) is 0.715. The number of carbonyl (C=O) groups excluding carboxylic acids is 1. The molecule has 1 unspecified atom stereocenters. The van der Waals surface area contributed by atoms with Crippen molar-refractivity contribution in [3.63, 3.8) is 0 Å². The van der Waals surface area contributed by atoms with Gasteiger partial charge < -0.3 is 0 Å². The Balaban J connectivity index is 2.58. The maximum absolute atomic E-state index is 13.2. The number of benzene rings is 1. The smallest absolute Gasteiger partial charge is 0.228 e. The van der Waals surface area contributed by atoms with Gasteiger partial charge in [0.25, 0.3) is 0 Å². The van der Waals surface area contributed by atoms with Gasteiger partial charge in [0.1, 0.15) is 0 Å². The molecule has 0 spiro atoms. The summed E-state index contributed by atoms with van der Waals surface area (Å²) in [6.07, 6.45) is -1.37. The third-order valence-electron chi connectivity index (χ3n) is 1.77. The SMILES string of the molecule is CC(C)C(F)C(=O)Sc1ccccc1. The molecule has 1 aromatic carbocycles. The molecule has 0 aliphatic heterocycles. The second-order valence-electron chi connectivity index (χ2n) is 3.38. The molecule has 0 saturated carbocycles. The number of rotatable bonds is 3. The van der Waals surface area contributed by atoms with Crippen LogP contribution in [0.5, 0.6) is 0 Å². The van der Waals surface area contributed by atoms with Crippen LogP contribution in [0.2, 0.25) is 0 Å². The summed E-state index contributed by atoms with van der Waals surface area (Å²) in [6, 6.07) is 9.13. The standard InChI is InChI=1S/C11H13FOS/c1-8(2)10(12)11(13)14-9-6-4-3-5-7-9/h3-8,10H,1-2H3. The summed E-state index contributed by atoms with van der Waals surface area (Å²) in [5.74, 6) is -0.251. The molecule has 0 radical (unpaired) electrons. The molecular weight excluding hydrogens is 199 g/mol. The Morgan fingerprint density at radius 3 is 2.36 bits per heavy atom. The Morgan fingerprint density at radius 1 is 1.29 bits per heavy atom. The molecule has 0 aliphatic rings. The first kappa shape index (κ1) is 11.2. The fraction of sp³-hybridized carbons (Fsp3) is 0.364. The predicted octanol–water partition coefficient (Wildman–Crippen LogP) is 3.30. The number of alkyl halides is 1. The minimum atomic E-state index is -1.37. The lowest BCUT2D eigenvalue weighted by Crippen LogP contribution is -2.18. The van der Waals surface area contributed by atoms with Gasteiger partial charge in [-0.3, -0.25) is 4.79 Å². The van der Waals surface area contributed by atoms with Crippen LogP contribution in [0.4, 0.5) is 4.39 Å². The summed E-state index contributed by atoms with van der Waals surface area (Å²) < 4.78 is 13.2. The van der Waals surface area contributed by atoms with E-state index in [4.69, 9.17) is 0 Å². The van der Waals surface area contributed by atoms with Gasteiger partial charge in [-0.25, -0.2) is 4.39 Å². The van der Waals surface area contributed by atoms with Crippen LogP contribution in [0, 0.1) is 5.92 Å². The van der Waals surface area contributed by atoms with Crippen molar-refractivity contribution in [2.75, 3.05) is 0 Å². The zero-order chi connectivity index (χ0) is 10.6. The Bertz CT molecular complexity index is 297. The number of halogens is 1. The molecule has 1 rings (SSSR count). The Kier molecular flexibility index (Phi) is 4.14. The van der Waals surface area contributed by atoms with Gasteiger partial charge in [-0.15, -0.1) is 0 Å². The summed E-state index contributed by atoms with van der Waals surface area (Å²) in [6.45, 7) is 3.40. The fourth-order valence-electron chi connectivity index (χ4n) is 0.933. The molecule has 76 valence electrons. The van der Waals surface area contributed by atoms with Crippen molar-refractivity contribution in [2.45, 2.75) is 24.9 Å². The molecule has 0 bridgehead atoms. The molecule has 0 aromatic heterocycles. The second kappa shape index (κ2) is 5.15. The van der Waals surface area contributed by atoms with Crippen molar-refractivity contribution in [1.82, 2.24) is 0 Å². The molecule has 14 heavy (non-hydrogen) atoms. The van der Waals surface area contributed by atoms with Crippen LogP contribution in [0.25, 0.3) is 0 Å². The first-order chi connectivity index (χ1) is 6.61. The summed E-state index contributed by atoms with van der Waals surface area (Å²) in [4.78, 5) is 12.1. The molecule has 1 aromatic rings. The molecule has 3 heteroatoms. The topological polar surface area (TPSA) is 17.1 Å².